The smallest absolute Gasteiger partial charge is 0.223 e. The van der Waals surface area contributed by atoms with Gasteiger partial charge < -0.3 is 10.6 Å². The van der Waals surface area contributed by atoms with Gasteiger partial charge in [0, 0.05) is 30.0 Å². The van der Waals surface area contributed by atoms with E-state index in [0.717, 1.165) is 17.4 Å². The van der Waals surface area contributed by atoms with E-state index in [0.29, 0.717) is 13.0 Å². The van der Waals surface area contributed by atoms with E-state index < -0.39 is 0 Å². The van der Waals surface area contributed by atoms with Gasteiger partial charge in [0.15, 0.2) is 0 Å². The van der Waals surface area contributed by atoms with Gasteiger partial charge >= 0.3 is 0 Å². The van der Waals surface area contributed by atoms with Crippen LogP contribution in [0.25, 0.3) is 0 Å². The second kappa shape index (κ2) is 7.27. The molecular formula is C14H20BrClN2O. The molecule has 0 aromatic heterocycles. The maximum atomic E-state index is 12.1. The van der Waals surface area contributed by atoms with Gasteiger partial charge in [-0.1, -0.05) is 41.1 Å². The van der Waals surface area contributed by atoms with Gasteiger partial charge in [-0.05, 0) is 24.0 Å². The molecule has 0 bridgehead atoms. The van der Waals surface area contributed by atoms with Crippen LogP contribution >= 0.6 is 28.3 Å². The zero-order valence-electron chi connectivity index (χ0n) is 11.0. The summed E-state index contributed by atoms with van der Waals surface area (Å²) < 4.78 is 1.07. The number of carbonyl (C=O) groups is 1. The average molecular weight is 348 g/mol. The van der Waals surface area contributed by atoms with Crippen molar-refractivity contribution < 1.29 is 4.79 Å². The Hall–Kier alpha value is -0.580. The summed E-state index contributed by atoms with van der Waals surface area (Å²) in [6, 6.07) is 8.24. The van der Waals surface area contributed by atoms with Gasteiger partial charge in [-0.25, -0.2) is 0 Å². The summed E-state index contributed by atoms with van der Waals surface area (Å²) in [4.78, 5) is 14.0. The van der Waals surface area contributed by atoms with Crippen LogP contribution in [0.5, 0.6) is 0 Å². The van der Waals surface area contributed by atoms with Crippen molar-refractivity contribution in [2.24, 2.45) is 5.73 Å². The Morgan fingerprint density at radius 1 is 1.53 bits per heavy atom. The van der Waals surface area contributed by atoms with Gasteiger partial charge in [0.2, 0.25) is 5.91 Å². The Morgan fingerprint density at radius 3 is 2.79 bits per heavy atom. The molecule has 1 aliphatic heterocycles. The first-order valence-electron chi connectivity index (χ1n) is 6.35. The highest BCUT2D eigenvalue weighted by Gasteiger charge is 2.25. The Morgan fingerprint density at radius 2 is 2.21 bits per heavy atom. The van der Waals surface area contributed by atoms with Crippen molar-refractivity contribution in [3.8, 4) is 0 Å². The maximum absolute atomic E-state index is 12.1. The first kappa shape index (κ1) is 16.5. The number of amides is 1. The van der Waals surface area contributed by atoms with E-state index in [4.69, 9.17) is 5.73 Å². The second-order valence-corrected chi connectivity index (χ2v) is 5.87. The van der Waals surface area contributed by atoms with Crippen LogP contribution in [0.4, 0.5) is 0 Å². The van der Waals surface area contributed by atoms with Gasteiger partial charge in [-0.2, -0.15) is 0 Å². The third kappa shape index (κ3) is 4.20. The molecule has 0 aliphatic carbocycles. The molecule has 2 N–H and O–H groups in total. The van der Waals surface area contributed by atoms with Crippen LogP contribution in [-0.2, 0) is 4.79 Å². The standard InChI is InChI=1S/C14H19BrN2O.ClH/c1-10(12-4-2-3-5-13(12)15)8-14(18)17-7-6-11(16)9-17;/h2-5,10-11H,6-9,16H2,1H3;1H. The van der Waals surface area contributed by atoms with Crippen molar-refractivity contribution in [3.05, 3.63) is 34.3 Å². The summed E-state index contributed by atoms with van der Waals surface area (Å²) >= 11 is 3.53. The molecular weight excluding hydrogens is 328 g/mol. The molecule has 2 rings (SSSR count). The predicted octanol–water partition coefficient (Wildman–Crippen LogP) is 2.92. The highest BCUT2D eigenvalue weighted by molar-refractivity contribution is 9.10. The van der Waals surface area contributed by atoms with E-state index in [1.54, 1.807) is 0 Å². The summed E-state index contributed by atoms with van der Waals surface area (Å²) in [7, 11) is 0. The molecule has 1 aromatic carbocycles. The number of carbonyl (C=O) groups excluding carboxylic acids is 1. The van der Waals surface area contributed by atoms with Gasteiger partial charge in [0.25, 0.3) is 0 Å². The van der Waals surface area contributed by atoms with Crippen LogP contribution in [0, 0.1) is 0 Å². The summed E-state index contributed by atoms with van der Waals surface area (Å²) in [5.41, 5.74) is 7.02. The highest BCUT2D eigenvalue weighted by atomic mass is 79.9. The molecule has 1 fully saturated rings. The molecule has 0 radical (unpaired) electrons. The summed E-state index contributed by atoms with van der Waals surface area (Å²) in [5, 5.41) is 0. The van der Waals surface area contributed by atoms with E-state index in [-0.39, 0.29) is 30.3 Å². The number of nitrogens with two attached hydrogens (primary N) is 1. The fourth-order valence-corrected chi connectivity index (χ4v) is 3.07. The van der Waals surface area contributed by atoms with Crippen LogP contribution in [0.1, 0.15) is 31.2 Å². The van der Waals surface area contributed by atoms with Crippen LogP contribution in [-0.4, -0.2) is 29.9 Å². The SMILES string of the molecule is CC(CC(=O)N1CCC(N)C1)c1ccccc1Br.Cl. The molecule has 1 amide bonds. The summed E-state index contributed by atoms with van der Waals surface area (Å²) in [5.74, 6) is 0.441. The molecule has 19 heavy (non-hydrogen) atoms. The van der Waals surface area contributed by atoms with Crippen LogP contribution in [0.15, 0.2) is 28.7 Å². The lowest BCUT2D eigenvalue weighted by Gasteiger charge is -2.19. The molecule has 0 spiro atoms. The molecule has 1 heterocycles. The van der Waals surface area contributed by atoms with Gasteiger partial charge in [0.1, 0.15) is 0 Å². The Kier molecular flexibility index (Phi) is 6.30. The number of hydrogen-bond acceptors (Lipinski definition) is 2. The van der Waals surface area contributed by atoms with E-state index in [1.807, 2.05) is 23.1 Å². The van der Waals surface area contributed by atoms with Crippen molar-refractivity contribution in [2.75, 3.05) is 13.1 Å². The van der Waals surface area contributed by atoms with E-state index >= 15 is 0 Å². The lowest BCUT2D eigenvalue weighted by Crippen LogP contribution is -2.32. The lowest BCUT2D eigenvalue weighted by molar-refractivity contribution is -0.130. The monoisotopic (exact) mass is 346 g/mol. The number of halogens is 2. The molecule has 106 valence electrons. The molecule has 1 aliphatic rings. The fourth-order valence-electron chi connectivity index (χ4n) is 2.39. The molecule has 1 saturated heterocycles. The molecule has 3 nitrogen and oxygen atoms in total. The predicted molar refractivity (Wildman–Crippen MR) is 83.6 cm³/mol. The van der Waals surface area contributed by atoms with Crippen molar-refractivity contribution in [3.63, 3.8) is 0 Å². The second-order valence-electron chi connectivity index (χ2n) is 5.02. The van der Waals surface area contributed by atoms with E-state index in [1.165, 1.54) is 5.56 Å². The van der Waals surface area contributed by atoms with Gasteiger partial charge in [-0.3, -0.25) is 4.79 Å². The minimum absolute atomic E-state index is 0. The Labute approximate surface area is 129 Å². The third-order valence-electron chi connectivity index (χ3n) is 3.49. The fraction of sp³-hybridized carbons (Fsp3) is 0.500. The first-order valence-corrected chi connectivity index (χ1v) is 7.15. The molecule has 1 aromatic rings. The summed E-state index contributed by atoms with van der Waals surface area (Å²) in [6.45, 7) is 3.61. The first-order chi connectivity index (χ1) is 8.58. The van der Waals surface area contributed by atoms with Crippen molar-refractivity contribution in [1.29, 1.82) is 0 Å². The topological polar surface area (TPSA) is 46.3 Å². The zero-order valence-corrected chi connectivity index (χ0v) is 13.4. The van der Waals surface area contributed by atoms with Gasteiger partial charge in [0.05, 0.1) is 0 Å². The molecule has 5 heteroatoms. The van der Waals surface area contributed by atoms with Crippen LogP contribution in [0.3, 0.4) is 0 Å². The zero-order chi connectivity index (χ0) is 13.1. The number of benzene rings is 1. The van der Waals surface area contributed by atoms with Crippen molar-refractivity contribution in [2.45, 2.75) is 31.7 Å². The summed E-state index contributed by atoms with van der Waals surface area (Å²) in [6.07, 6.45) is 1.48. The Bertz CT molecular complexity index is 441. The van der Waals surface area contributed by atoms with Crippen molar-refractivity contribution in [1.82, 2.24) is 4.90 Å². The minimum atomic E-state index is 0. The van der Waals surface area contributed by atoms with Crippen molar-refractivity contribution >= 4 is 34.2 Å². The number of rotatable bonds is 3. The largest absolute Gasteiger partial charge is 0.341 e. The van der Waals surface area contributed by atoms with Crippen LogP contribution in [0.2, 0.25) is 0 Å². The maximum Gasteiger partial charge on any atom is 0.223 e. The molecule has 2 atom stereocenters. The Balaban J connectivity index is 0.00000180. The number of likely N-dealkylation sites (tertiary alicyclic amines) is 1. The lowest BCUT2D eigenvalue weighted by atomic mass is 9.97. The normalized spacial score (nSPS) is 19.9. The van der Waals surface area contributed by atoms with Gasteiger partial charge in [-0.15, -0.1) is 12.4 Å². The third-order valence-corrected chi connectivity index (χ3v) is 4.22. The average Bonchev–Trinajstić information content (AvgIpc) is 2.76. The number of hydrogen-bond donors (Lipinski definition) is 1. The minimum Gasteiger partial charge on any atom is -0.341 e. The van der Waals surface area contributed by atoms with Crippen LogP contribution < -0.4 is 5.73 Å². The molecule has 2 unspecified atom stereocenters. The highest BCUT2D eigenvalue weighted by Crippen LogP contribution is 2.27. The van der Waals surface area contributed by atoms with E-state index in [2.05, 4.69) is 28.9 Å². The van der Waals surface area contributed by atoms with E-state index in [9.17, 15) is 4.79 Å². The quantitative estimate of drug-likeness (QED) is 0.914. The number of nitrogens with zero attached hydrogens (tertiary/aromatic N) is 1. The molecule has 0 saturated carbocycles.